The predicted molar refractivity (Wildman–Crippen MR) is 76.3 cm³/mol. The highest BCUT2D eigenvalue weighted by molar-refractivity contribution is 5.94. The van der Waals surface area contributed by atoms with E-state index in [1.807, 2.05) is 13.0 Å². The number of hydrogen-bond donors (Lipinski definition) is 2. The van der Waals surface area contributed by atoms with E-state index < -0.39 is 6.10 Å². The zero-order valence-corrected chi connectivity index (χ0v) is 11.7. The molecule has 0 bridgehead atoms. The second-order valence-corrected chi connectivity index (χ2v) is 5.45. The largest absolute Gasteiger partial charge is 0.391 e. The number of carbonyl (C=O) groups is 1. The maximum atomic E-state index is 13.4. The number of aromatic nitrogens is 1. The Morgan fingerprint density at radius 1 is 1.43 bits per heavy atom. The molecule has 2 heterocycles. The summed E-state index contributed by atoms with van der Waals surface area (Å²) in [5.74, 6) is -0.499. The van der Waals surface area contributed by atoms with Crippen LogP contribution in [0.25, 0.3) is 0 Å². The molecule has 0 saturated carbocycles. The van der Waals surface area contributed by atoms with Gasteiger partial charge >= 0.3 is 0 Å². The van der Waals surface area contributed by atoms with Crippen LogP contribution in [0.4, 0.5) is 4.39 Å². The Bertz CT molecular complexity index is 668. The Balaban J connectivity index is 1.93. The van der Waals surface area contributed by atoms with Gasteiger partial charge in [0.1, 0.15) is 11.5 Å². The summed E-state index contributed by atoms with van der Waals surface area (Å²) in [5.41, 5.74) is 2.09. The van der Waals surface area contributed by atoms with Crippen molar-refractivity contribution in [2.75, 3.05) is 6.54 Å². The normalized spacial score (nSPS) is 21.8. The summed E-state index contributed by atoms with van der Waals surface area (Å²) in [5, 5.41) is 9.92. The smallest absolute Gasteiger partial charge is 0.271 e. The molecule has 0 radical (unpaired) electrons. The van der Waals surface area contributed by atoms with Gasteiger partial charge < -0.3 is 15.0 Å². The van der Waals surface area contributed by atoms with Gasteiger partial charge in [-0.1, -0.05) is 12.1 Å². The molecule has 1 amide bonds. The third kappa shape index (κ3) is 2.56. The second-order valence-electron chi connectivity index (χ2n) is 5.45. The lowest BCUT2D eigenvalue weighted by Crippen LogP contribution is -2.32. The van der Waals surface area contributed by atoms with Crippen LogP contribution in [0.3, 0.4) is 0 Å². The van der Waals surface area contributed by atoms with E-state index in [0.29, 0.717) is 17.7 Å². The quantitative estimate of drug-likeness (QED) is 0.891. The molecule has 3 rings (SSSR count). The molecule has 2 atom stereocenters. The van der Waals surface area contributed by atoms with Crippen LogP contribution in [0.1, 0.15) is 34.1 Å². The number of hydrogen-bond acceptors (Lipinski definition) is 2. The molecular weight excluding hydrogens is 271 g/mol. The highest BCUT2D eigenvalue weighted by Gasteiger charge is 2.36. The minimum Gasteiger partial charge on any atom is -0.391 e. The summed E-state index contributed by atoms with van der Waals surface area (Å²) < 4.78 is 13.4. The van der Waals surface area contributed by atoms with E-state index in [2.05, 4.69) is 4.98 Å². The van der Waals surface area contributed by atoms with Crippen molar-refractivity contribution in [2.24, 2.45) is 0 Å². The maximum Gasteiger partial charge on any atom is 0.271 e. The van der Waals surface area contributed by atoms with Crippen LogP contribution in [0.5, 0.6) is 0 Å². The van der Waals surface area contributed by atoms with Crippen molar-refractivity contribution in [3.8, 4) is 0 Å². The maximum absolute atomic E-state index is 13.4. The van der Waals surface area contributed by atoms with Crippen molar-refractivity contribution in [3.63, 3.8) is 0 Å². The Morgan fingerprint density at radius 3 is 2.90 bits per heavy atom. The number of aryl methyl sites for hydroxylation is 1. The van der Waals surface area contributed by atoms with Crippen LogP contribution in [0.2, 0.25) is 0 Å². The van der Waals surface area contributed by atoms with Gasteiger partial charge in [-0.25, -0.2) is 4.39 Å². The van der Waals surface area contributed by atoms with Gasteiger partial charge in [0.15, 0.2) is 0 Å². The molecule has 5 heteroatoms. The highest BCUT2D eigenvalue weighted by Crippen LogP contribution is 2.33. The Kier molecular flexibility index (Phi) is 3.51. The van der Waals surface area contributed by atoms with Gasteiger partial charge in [0.05, 0.1) is 12.1 Å². The summed E-state index contributed by atoms with van der Waals surface area (Å²) in [4.78, 5) is 17.2. The number of aliphatic hydroxyl groups excluding tert-OH is 1. The number of aromatic amines is 1. The number of nitrogens with one attached hydrogen (secondary N) is 1. The lowest BCUT2D eigenvalue weighted by Gasteiger charge is -2.24. The van der Waals surface area contributed by atoms with E-state index in [1.54, 1.807) is 23.2 Å². The number of likely N-dealkylation sites (tertiary alicyclic amines) is 1. The van der Waals surface area contributed by atoms with Crippen molar-refractivity contribution >= 4 is 5.91 Å². The van der Waals surface area contributed by atoms with Gasteiger partial charge in [0, 0.05) is 12.7 Å². The van der Waals surface area contributed by atoms with Gasteiger partial charge in [-0.15, -0.1) is 0 Å². The molecule has 1 aliphatic heterocycles. The van der Waals surface area contributed by atoms with E-state index in [4.69, 9.17) is 0 Å². The van der Waals surface area contributed by atoms with Gasteiger partial charge in [-0.3, -0.25) is 4.79 Å². The molecule has 1 aliphatic rings. The van der Waals surface area contributed by atoms with Crippen LogP contribution in [0.15, 0.2) is 36.5 Å². The van der Waals surface area contributed by atoms with Crippen molar-refractivity contribution in [3.05, 3.63) is 59.2 Å². The number of carbonyl (C=O) groups excluding carboxylic acids is 1. The number of benzene rings is 1. The molecule has 110 valence electrons. The topological polar surface area (TPSA) is 56.3 Å². The first-order valence-electron chi connectivity index (χ1n) is 6.94. The summed E-state index contributed by atoms with van der Waals surface area (Å²) in [6, 6.07) is 7.73. The first kappa shape index (κ1) is 13.8. The number of nitrogens with zero attached hydrogens (tertiary/aromatic N) is 1. The lowest BCUT2D eigenvalue weighted by molar-refractivity contribution is 0.0709. The second kappa shape index (κ2) is 5.33. The molecular formula is C16H17FN2O2. The minimum atomic E-state index is -0.586. The van der Waals surface area contributed by atoms with E-state index in [1.165, 1.54) is 12.1 Å². The lowest BCUT2D eigenvalue weighted by atomic mass is 10.0. The van der Waals surface area contributed by atoms with E-state index in [-0.39, 0.29) is 24.3 Å². The molecule has 0 spiro atoms. The average molecular weight is 288 g/mol. The molecule has 0 aliphatic carbocycles. The molecule has 2 aromatic rings. The molecule has 2 N–H and O–H groups in total. The number of H-pyrrole nitrogens is 1. The fourth-order valence-electron chi connectivity index (χ4n) is 2.89. The number of halogens is 1. The third-order valence-corrected chi connectivity index (χ3v) is 3.94. The van der Waals surface area contributed by atoms with Crippen molar-refractivity contribution in [2.45, 2.75) is 25.5 Å². The molecule has 4 nitrogen and oxygen atoms in total. The fraction of sp³-hybridized carbons (Fsp3) is 0.312. The molecule has 1 aromatic heterocycles. The fourth-order valence-corrected chi connectivity index (χ4v) is 2.89. The van der Waals surface area contributed by atoms with Crippen LogP contribution in [-0.2, 0) is 0 Å². The SMILES string of the molecule is Cc1cc[nH]c1C(=O)N1CC(O)CC1c1cccc(F)c1. The zero-order chi connectivity index (χ0) is 15.0. The van der Waals surface area contributed by atoms with Gasteiger partial charge in [0.25, 0.3) is 5.91 Å². The van der Waals surface area contributed by atoms with E-state index in [0.717, 1.165) is 5.56 Å². The Labute approximate surface area is 122 Å². The van der Waals surface area contributed by atoms with E-state index in [9.17, 15) is 14.3 Å². The molecule has 21 heavy (non-hydrogen) atoms. The summed E-state index contributed by atoms with van der Waals surface area (Å²) in [6.07, 6.45) is 1.55. The molecule has 1 aromatic carbocycles. The number of aliphatic hydroxyl groups is 1. The van der Waals surface area contributed by atoms with Crippen LogP contribution < -0.4 is 0 Å². The first-order chi connectivity index (χ1) is 10.1. The first-order valence-corrected chi connectivity index (χ1v) is 6.94. The minimum absolute atomic E-state index is 0.164. The number of amides is 1. The third-order valence-electron chi connectivity index (χ3n) is 3.94. The van der Waals surface area contributed by atoms with Crippen LogP contribution in [0, 0.1) is 12.7 Å². The molecule has 1 saturated heterocycles. The van der Waals surface area contributed by atoms with Crippen molar-refractivity contribution < 1.29 is 14.3 Å². The Morgan fingerprint density at radius 2 is 2.24 bits per heavy atom. The van der Waals surface area contributed by atoms with Gasteiger partial charge in [-0.2, -0.15) is 0 Å². The predicted octanol–water partition coefficient (Wildman–Crippen LogP) is 2.41. The molecule has 2 unspecified atom stereocenters. The standard InChI is InChI=1S/C16H17FN2O2/c1-10-5-6-18-15(10)16(21)19-9-13(20)8-14(19)11-3-2-4-12(17)7-11/h2-7,13-14,18,20H,8-9H2,1H3. The van der Waals surface area contributed by atoms with Crippen molar-refractivity contribution in [1.29, 1.82) is 0 Å². The van der Waals surface area contributed by atoms with Gasteiger partial charge in [0.2, 0.25) is 0 Å². The van der Waals surface area contributed by atoms with E-state index >= 15 is 0 Å². The summed E-state index contributed by atoms with van der Waals surface area (Å²) >= 11 is 0. The van der Waals surface area contributed by atoms with Gasteiger partial charge in [-0.05, 0) is 42.7 Å². The Hall–Kier alpha value is -2.14. The zero-order valence-electron chi connectivity index (χ0n) is 11.7. The highest BCUT2D eigenvalue weighted by atomic mass is 19.1. The number of rotatable bonds is 2. The van der Waals surface area contributed by atoms with Crippen molar-refractivity contribution in [1.82, 2.24) is 9.88 Å². The average Bonchev–Trinajstić information content (AvgIpc) is 3.04. The van der Waals surface area contributed by atoms with Crippen LogP contribution >= 0.6 is 0 Å². The number of β-amino-alcohol motifs (C(OH)–C–C–N with tert-alkyl or cyclic N) is 1. The summed E-state index contributed by atoms with van der Waals surface area (Å²) in [6.45, 7) is 2.12. The van der Waals surface area contributed by atoms with Crippen LogP contribution in [-0.4, -0.2) is 33.5 Å². The monoisotopic (exact) mass is 288 g/mol. The molecule has 1 fully saturated rings. The summed E-state index contributed by atoms with van der Waals surface area (Å²) in [7, 11) is 0.